The van der Waals surface area contributed by atoms with Gasteiger partial charge >= 0.3 is 5.97 Å². The summed E-state index contributed by atoms with van der Waals surface area (Å²) in [5.74, 6) is 0.334. The number of rotatable bonds is 6. The second-order valence-corrected chi connectivity index (χ2v) is 8.35. The van der Waals surface area contributed by atoms with Gasteiger partial charge in [0, 0.05) is 5.92 Å². The lowest BCUT2D eigenvalue weighted by Gasteiger charge is -2.37. The minimum Gasteiger partial charge on any atom is -0.461 e. The van der Waals surface area contributed by atoms with Gasteiger partial charge in [-0.2, -0.15) is 0 Å². The lowest BCUT2D eigenvalue weighted by Crippen LogP contribution is -2.38. The Labute approximate surface area is 158 Å². The molecule has 3 atom stereocenters. The molecule has 2 fully saturated rings. The van der Waals surface area contributed by atoms with Crippen LogP contribution in [0.4, 0.5) is 0 Å². The zero-order valence-electron chi connectivity index (χ0n) is 16.1. The molecule has 1 aromatic rings. The molecule has 0 bridgehead atoms. The van der Waals surface area contributed by atoms with Crippen LogP contribution >= 0.6 is 0 Å². The fourth-order valence-corrected chi connectivity index (χ4v) is 4.80. The van der Waals surface area contributed by atoms with Crippen LogP contribution in [0.2, 0.25) is 0 Å². The Morgan fingerprint density at radius 2 is 1.54 bits per heavy atom. The largest absolute Gasteiger partial charge is 0.461 e. The van der Waals surface area contributed by atoms with E-state index in [0.717, 1.165) is 44.1 Å². The third kappa shape index (κ3) is 4.88. The number of hydrogen-bond donors (Lipinski definition) is 1. The van der Waals surface area contributed by atoms with Crippen molar-refractivity contribution >= 4 is 5.97 Å². The van der Waals surface area contributed by atoms with Crippen molar-refractivity contribution in [3.8, 4) is 0 Å². The van der Waals surface area contributed by atoms with Gasteiger partial charge < -0.3 is 9.84 Å². The average Bonchev–Trinajstić information content (AvgIpc) is 2.72. The van der Waals surface area contributed by atoms with Crippen LogP contribution < -0.4 is 0 Å². The van der Waals surface area contributed by atoms with Gasteiger partial charge in [0.1, 0.15) is 6.10 Å². The molecule has 2 saturated carbocycles. The fraction of sp³-hybridized carbons (Fsp3) is 0.696. The smallest absolute Gasteiger partial charge is 0.309 e. The second-order valence-electron chi connectivity index (χ2n) is 8.35. The molecular weight excluding hydrogens is 324 g/mol. The predicted molar refractivity (Wildman–Crippen MR) is 104 cm³/mol. The summed E-state index contributed by atoms with van der Waals surface area (Å²) in [6, 6.07) is 9.79. The normalized spacial score (nSPS) is 23.2. The molecule has 2 aliphatic carbocycles. The maximum Gasteiger partial charge on any atom is 0.309 e. The Kier molecular flexibility index (Phi) is 7.13. The van der Waals surface area contributed by atoms with E-state index in [9.17, 15) is 9.90 Å². The van der Waals surface area contributed by atoms with Gasteiger partial charge in [-0.25, -0.2) is 0 Å². The van der Waals surface area contributed by atoms with Crippen molar-refractivity contribution < 1.29 is 14.6 Å². The van der Waals surface area contributed by atoms with Gasteiger partial charge in [-0.15, -0.1) is 0 Å². The zero-order chi connectivity index (χ0) is 18.4. The van der Waals surface area contributed by atoms with Crippen molar-refractivity contribution in [1.82, 2.24) is 0 Å². The summed E-state index contributed by atoms with van der Waals surface area (Å²) in [7, 11) is 0. The number of aliphatic hydroxyl groups is 1. The summed E-state index contributed by atoms with van der Waals surface area (Å²) in [4.78, 5) is 12.8. The van der Waals surface area contributed by atoms with Crippen molar-refractivity contribution in [3.63, 3.8) is 0 Å². The first-order valence-corrected chi connectivity index (χ1v) is 10.6. The van der Waals surface area contributed by atoms with E-state index in [4.69, 9.17) is 4.74 Å². The first-order chi connectivity index (χ1) is 12.7. The lowest BCUT2D eigenvalue weighted by molar-refractivity contribution is -0.165. The molecule has 0 heterocycles. The molecule has 1 aromatic carbocycles. The highest BCUT2D eigenvalue weighted by atomic mass is 16.5. The molecule has 0 amide bonds. The van der Waals surface area contributed by atoms with Gasteiger partial charge in [0.2, 0.25) is 0 Å². The molecule has 144 valence electrons. The standard InChI is InChI=1S/C23H34O3/c1-17(21(24)18-11-5-2-6-12-18)22(19-13-7-3-8-14-19)26-23(25)20-15-9-4-10-16-20/h2,5-6,11-12,17,19-22,24H,3-4,7-10,13-16H2,1H3/t17-,21-,22-/m1/s1. The Morgan fingerprint density at radius 1 is 0.962 bits per heavy atom. The molecule has 3 heteroatoms. The van der Waals surface area contributed by atoms with Crippen LogP contribution in [0.15, 0.2) is 30.3 Å². The molecule has 2 aliphatic rings. The molecule has 0 saturated heterocycles. The summed E-state index contributed by atoms with van der Waals surface area (Å²) in [6.45, 7) is 2.05. The number of aliphatic hydroxyl groups excluding tert-OH is 1. The Morgan fingerprint density at radius 3 is 2.15 bits per heavy atom. The highest BCUT2D eigenvalue weighted by Gasteiger charge is 2.37. The predicted octanol–water partition coefficient (Wildman–Crippen LogP) is 5.43. The van der Waals surface area contributed by atoms with Crippen LogP contribution in [-0.4, -0.2) is 17.2 Å². The molecule has 0 unspecified atom stereocenters. The molecule has 3 rings (SSSR count). The molecule has 1 N–H and O–H groups in total. The van der Waals surface area contributed by atoms with Gasteiger partial charge in [0.15, 0.2) is 0 Å². The van der Waals surface area contributed by atoms with Gasteiger partial charge in [-0.3, -0.25) is 4.79 Å². The molecule has 3 nitrogen and oxygen atoms in total. The Hall–Kier alpha value is -1.35. The van der Waals surface area contributed by atoms with Gasteiger partial charge in [0.05, 0.1) is 12.0 Å². The summed E-state index contributed by atoms with van der Waals surface area (Å²) in [5, 5.41) is 10.9. The monoisotopic (exact) mass is 358 g/mol. The summed E-state index contributed by atoms with van der Waals surface area (Å²) in [6.07, 6.45) is 10.6. The van der Waals surface area contributed by atoms with Crippen LogP contribution in [0.25, 0.3) is 0 Å². The first kappa shape index (κ1) is 19.4. The summed E-state index contributed by atoms with van der Waals surface area (Å²) >= 11 is 0. The maximum absolute atomic E-state index is 12.8. The van der Waals surface area contributed by atoms with E-state index < -0.39 is 6.10 Å². The topological polar surface area (TPSA) is 46.5 Å². The number of hydrogen-bond acceptors (Lipinski definition) is 3. The number of carbonyl (C=O) groups excluding carboxylic acids is 1. The van der Waals surface area contributed by atoms with Gasteiger partial charge in [-0.1, -0.05) is 75.8 Å². The van der Waals surface area contributed by atoms with Crippen LogP contribution in [0.5, 0.6) is 0 Å². The van der Waals surface area contributed by atoms with E-state index in [1.54, 1.807) is 0 Å². The number of esters is 1. The SMILES string of the molecule is C[C@H]([C@@H](O)c1ccccc1)[C@@H](OC(=O)C1CCCCC1)C1CCCCC1. The van der Waals surface area contributed by atoms with E-state index in [0.29, 0.717) is 5.92 Å². The van der Waals surface area contributed by atoms with Gasteiger partial charge in [-0.05, 0) is 37.2 Å². The van der Waals surface area contributed by atoms with E-state index in [2.05, 4.69) is 0 Å². The third-order valence-electron chi connectivity index (χ3n) is 6.46. The molecule has 0 aromatic heterocycles. The average molecular weight is 359 g/mol. The fourth-order valence-electron chi connectivity index (χ4n) is 4.80. The van der Waals surface area contributed by atoms with E-state index >= 15 is 0 Å². The lowest BCUT2D eigenvalue weighted by atomic mass is 9.78. The van der Waals surface area contributed by atoms with Crippen molar-refractivity contribution in [2.75, 3.05) is 0 Å². The third-order valence-corrected chi connectivity index (χ3v) is 6.46. The molecule has 0 spiro atoms. The van der Waals surface area contributed by atoms with Crippen LogP contribution in [0, 0.1) is 17.8 Å². The van der Waals surface area contributed by atoms with E-state index in [1.165, 1.54) is 25.7 Å². The Balaban J connectivity index is 1.72. The second kappa shape index (κ2) is 9.55. The highest BCUT2D eigenvalue weighted by molar-refractivity contribution is 5.72. The molecular formula is C23H34O3. The quantitative estimate of drug-likeness (QED) is 0.690. The van der Waals surface area contributed by atoms with E-state index in [1.807, 2.05) is 37.3 Å². The van der Waals surface area contributed by atoms with Crippen LogP contribution in [0.3, 0.4) is 0 Å². The number of ether oxygens (including phenoxy) is 1. The molecule has 26 heavy (non-hydrogen) atoms. The van der Waals surface area contributed by atoms with Crippen LogP contribution in [-0.2, 0) is 9.53 Å². The molecule has 0 aliphatic heterocycles. The number of carbonyl (C=O) groups is 1. The van der Waals surface area contributed by atoms with Crippen molar-refractivity contribution in [3.05, 3.63) is 35.9 Å². The minimum absolute atomic E-state index is 0.0209. The highest BCUT2D eigenvalue weighted by Crippen LogP contribution is 2.37. The zero-order valence-corrected chi connectivity index (χ0v) is 16.1. The van der Waals surface area contributed by atoms with Crippen molar-refractivity contribution in [1.29, 1.82) is 0 Å². The summed E-state index contributed by atoms with van der Waals surface area (Å²) < 4.78 is 6.13. The molecule has 0 radical (unpaired) electrons. The minimum atomic E-state index is -0.595. The number of benzene rings is 1. The summed E-state index contributed by atoms with van der Waals surface area (Å²) in [5.41, 5.74) is 0.912. The van der Waals surface area contributed by atoms with Crippen molar-refractivity contribution in [2.24, 2.45) is 17.8 Å². The maximum atomic E-state index is 12.8. The van der Waals surface area contributed by atoms with Crippen molar-refractivity contribution in [2.45, 2.75) is 83.3 Å². The van der Waals surface area contributed by atoms with E-state index in [-0.39, 0.29) is 23.9 Å². The Bertz CT molecular complexity index is 544. The van der Waals surface area contributed by atoms with Gasteiger partial charge in [0.25, 0.3) is 0 Å². The van der Waals surface area contributed by atoms with Crippen LogP contribution in [0.1, 0.15) is 82.8 Å². The first-order valence-electron chi connectivity index (χ1n) is 10.6.